The van der Waals surface area contributed by atoms with Crippen LogP contribution in [0, 0.1) is 17.8 Å². The Hall–Kier alpha value is -2.86. The van der Waals surface area contributed by atoms with Crippen molar-refractivity contribution in [3.05, 3.63) is 64.1 Å². The fourth-order valence-electron chi connectivity index (χ4n) is 8.55. The van der Waals surface area contributed by atoms with Crippen LogP contribution in [0.3, 0.4) is 0 Å². The van der Waals surface area contributed by atoms with E-state index in [0.717, 1.165) is 60.0 Å². The van der Waals surface area contributed by atoms with Crippen LogP contribution < -0.4 is 0 Å². The van der Waals surface area contributed by atoms with Crippen LogP contribution in [-0.2, 0) is 21.4 Å². The zero-order valence-electron chi connectivity index (χ0n) is 22.4. The van der Waals surface area contributed by atoms with Gasteiger partial charge in [-0.2, -0.15) is 4.99 Å². The number of hydrogen-bond donors (Lipinski definition) is 1. The number of benzene rings is 2. The molecule has 2 aromatic rings. The Morgan fingerprint density at radius 1 is 1.00 bits per heavy atom. The van der Waals surface area contributed by atoms with Gasteiger partial charge in [-0.1, -0.05) is 36.4 Å². The fourth-order valence-corrected chi connectivity index (χ4v) is 9.52. The van der Waals surface area contributed by atoms with Crippen LogP contribution >= 0.6 is 11.8 Å². The highest BCUT2D eigenvalue weighted by Crippen LogP contribution is 2.61. The molecular weight excluding hydrogens is 504 g/mol. The second kappa shape index (κ2) is 9.96. The first-order chi connectivity index (χ1) is 18.9. The number of thioether (sulfide) groups is 1. The summed E-state index contributed by atoms with van der Waals surface area (Å²) >= 11 is 1.50. The summed E-state index contributed by atoms with van der Waals surface area (Å²) in [7, 11) is 0. The van der Waals surface area contributed by atoms with E-state index < -0.39 is 5.97 Å². The quantitative estimate of drug-likeness (QED) is 0.404. The second-order valence-corrected chi connectivity index (χ2v) is 13.6. The number of carbonyl (C=O) groups excluding carboxylic acids is 1. The Bertz CT molecular complexity index is 1350. The lowest BCUT2D eigenvalue weighted by Crippen LogP contribution is -2.49. The third kappa shape index (κ3) is 4.86. The van der Waals surface area contributed by atoms with Crippen molar-refractivity contribution in [1.29, 1.82) is 0 Å². The zero-order chi connectivity index (χ0) is 26.6. The number of rotatable bonds is 6. The lowest BCUT2D eigenvalue weighted by Gasteiger charge is -2.57. The number of amidine groups is 1. The first-order valence-electron chi connectivity index (χ1n) is 14.7. The van der Waals surface area contributed by atoms with E-state index in [1.165, 1.54) is 67.0 Å². The van der Waals surface area contributed by atoms with Crippen molar-refractivity contribution in [2.45, 2.75) is 69.6 Å². The van der Waals surface area contributed by atoms with Gasteiger partial charge in [0.05, 0.1) is 4.91 Å². The maximum atomic E-state index is 12.7. The first-order valence-corrected chi connectivity index (χ1v) is 15.5. The minimum atomic E-state index is -0.729. The standard InChI is InChI=1S/C33H36N2O3S/c36-30(37)9-8-25-6-7-27(17-28(25)33-18-22-12-23(19-33)14-24(13-22)20-33)26-5-3-4-21(15-26)16-29-31(38)34-32(39-29)35-10-1-2-11-35/h3-7,15-17,22-24H,1-2,8-14,18-20H2,(H,36,37). The molecule has 4 bridgehead atoms. The number of hydrogen-bond acceptors (Lipinski definition) is 4. The van der Waals surface area contributed by atoms with Gasteiger partial charge in [-0.25, -0.2) is 0 Å². The highest BCUT2D eigenvalue weighted by molar-refractivity contribution is 8.18. The van der Waals surface area contributed by atoms with Crippen molar-refractivity contribution in [3.8, 4) is 11.1 Å². The van der Waals surface area contributed by atoms with Crippen molar-refractivity contribution >= 4 is 34.9 Å². The Kier molecular flexibility index (Phi) is 6.42. The Labute approximate surface area is 234 Å². The first kappa shape index (κ1) is 25.1. The van der Waals surface area contributed by atoms with Crippen LogP contribution in [0.1, 0.15) is 74.5 Å². The third-order valence-corrected chi connectivity index (χ3v) is 10.9. The Morgan fingerprint density at radius 3 is 2.38 bits per heavy atom. The average molecular weight is 541 g/mol. The van der Waals surface area contributed by atoms with Gasteiger partial charge in [-0.3, -0.25) is 9.59 Å². The van der Waals surface area contributed by atoms with E-state index in [2.05, 4.69) is 52.4 Å². The number of carbonyl (C=O) groups is 2. The van der Waals surface area contributed by atoms with Crippen LogP contribution in [0.5, 0.6) is 0 Å². The van der Waals surface area contributed by atoms with Gasteiger partial charge >= 0.3 is 5.97 Å². The molecule has 0 spiro atoms. The Balaban J connectivity index is 1.20. The molecule has 5 nitrogen and oxygen atoms in total. The second-order valence-electron chi connectivity index (χ2n) is 12.6. The van der Waals surface area contributed by atoms with Gasteiger partial charge in [0, 0.05) is 19.5 Å². The monoisotopic (exact) mass is 540 g/mol. The number of carboxylic acids is 1. The van der Waals surface area contributed by atoms with E-state index in [1.54, 1.807) is 0 Å². The van der Waals surface area contributed by atoms with Crippen molar-refractivity contribution in [3.63, 3.8) is 0 Å². The van der Waals surface area contributed by atoms with E-state index in [1.807, 2.05) is 6.08 Å². The number of aliphatic carboxylic acids is 1. The molecule has 6 aliphatic rings. The average Bonchev–Trinajstić information content (AvgIpc) is 3.57. The van der Waals surface area contributed by atoms with Gasteiger partial charge < -0.3 is 10.0 Å². The predicted octanol–water partition coefficient (Wildman–Crippen LogP) is 6.90. The summed E-state index contributed by atoms with van der Waals surface area (Å²) in [5, 5.41) is 10.3. The molecule has 0 unspecified atom stereocenters. The molecule has 2 heterocycles. The Morgan fingerprint density at radius 2 is 1.69 bits per heavy atom. The molecule has 4 saturated carbocycles. The lowest BCUT2D eigenvalue weighted by molar-refractivity contribution is -0.137. The molecule has 0 radical (unpaired) electrons. The molecule has 1 saturated heterocycles. The maximum Gasteiger partial charge on any atom is 0.303 e. The molecule has 1 N–H and O–H groups in total. The summed E-state index contributed by atoms with van der Waals surface area (Å²) in [4.78, 5) is 31.4. The van der Waals surface area contributed by atoms with E-state index in [0.29, 0.717) is 11.3 Å². The summed E-state index contributed by atoms with van der Waals surface area (Å²) in [5.41, 5.74) is 6.16. The smallest absolute Gasteiger partial charge is 0.303 e. The largest absolute Gasteiger partial charge is 0.481 e. The number of aryl methyl sites for hydroxylation is 1. The van der Waals surface area contributed by atoms with Gasteiger partial charge in [-0.05, 0) is 133 Å². The molecule has 0 aromatic heterocycles. The number of likely N-dealkylation sites (tertiary alicyclic amines) is 1. The summed E-state index contributed by atoms with van der Waals surface area (Å²) in [6.45, 7) is 1.97. The molecule has 6 heteroatoms. The SMILES string of the molecule is O=C(O)CCc1ccc(-c2cccc(C=C3SC(N4CCCC4)=NC3=O)c2)cc1C12CC3CC(CC(C3)C1)C2. The van der Waals surface area contributed by atoms with Crippen LogP contribution in [0.15, 0.2) is 52.4 Å². The number of carboxylic acid groups (broad SMARTS) is 1. The van der Waals surface area contributed by atoms with Crippen molar-refractivity contribution in [1.82, 2.24) is 4.90 Å². The van der Waals surface area contributed by atoms with Crippen LogP contribution in [0.4, 0.5) is 0 Å². The van der Waals surface area contributed by atoms with E-state index in [9.17, 15) is 14.7 Å². The predicted molar refractivity (Wildman–Crippen MR) is 157 cm³/mol. The normalized spacial score (nSPS) is 30.4. The van der Waals surface area contributed by atoms with Gasteiger partial charge in [0.25, 0.3) is 5.91 Å². The van der Waals surface area contributed by atoms with E-state index >= 15 is 0 Å². The number of aliphatic imine (C=N–C) groups is 1. The number of amides is 1. The van der Waals surface area contributed by atoms with Gasteiger partial charge in [0.15, 0.2) is 5.17 Å². The highest BCUT2D eigenvalue weighted by Gasteiger charge is 2.52. The van der Waals surface area contributed by atoms with Crippen LogP contribution in [-0.4, -0.2) is 40.1 Å². The third-order valence-electron chi connectivity index (χ3n) is 9.83. The topological polar surface area (TPSA) is 70.0 Å². The van der Waals surface area contributed by atoms with Crippen molar-refractivity contribution in [2.75, 3.05) is 13.1 Å². The van der Waals surface area contributed by atoms with E-state index in [4.69, 9.17) is 0 Å². The molecule has 4 aliphatic carbocycles. The molecule has 2 aliphatic heterocycles. The fraction of sp³-hybridized carbons (Fsp3) is 0.485. The molecule has 1 amide bonds. The van der Waals surface area contributed by atoms with Gasteiger partial charge in [-0.15, -0.1) is 0 Å². The molecule has 0 atom stereocenters. The minimum Gasteiger partial charge on any atom is -0.481 e. The number of nitrogens with zero attached hydrogens (tertiary/aromatic N) is 2. The van der Waals surface area contributed by atoms with Crippen molar-refractivity contribution in [2.24, 2.45) is 22.7 Å². The van der Waals surface area contributed by atoms with Crippen molar-refractivity contribution < 1.29 is 14.7 Å². The summed E-state index contributed by atoms with van der Waals surface area (Å²) in [6.07, 6.45) is 13.0. The van der Waals surface area contributed by atoms with Crippen LogP contribution in [0.2, 0.25) is 0 Å². The van der Waals surface area contributed by atoms with E-state index in [-0.39, 0.29) is 17.7 Å². The lowest BCUT2D eigenvalue weighted by atomic mass is 9.47. The molecule has 2 aromatic carbocycles. The van der Waals surface area contributed by atoms with Gasteiger partial charge in [0.2, 0.25) is 0 Å². The molecule has 8 rings (SSSR count). The highest BCUT2D eigenvalue weighted by atomic mass is 32.2. The maximum absolute atomic E-state index is 12.7. The summed E-state index contributed by atoms with van der Waals surface area (Å²) < 4.78 is 0. The van der Waals surface area contributed by atoms with Crippen LogP contribution in [0.25, 0.3) is 17.2 Å². The summed E-state index contributed by atoms with van der Waals surface area (Å²) in [5.74, 6) is 1.62. The molecule has 39 heavy (non-hydrogen) atoms. The van der Waals surface area contributed by atoms with Gasteiger partial charge in [0.1, 0.15) is 0 Å². The zero-order valence-corrected chi connectivity index (χ0v) is 23.2. The molecule has 202 valence electrons. The molecule has 5 fully saturated rings. The summed E-state index contributed by atoms with van der Waals surface area (Å²) in [6, 6.07) is 15.2. The molecular formula is C33H36N2O3S. The minimum absolute atomic E-state index is 0.140.